The normalized spacial score (nSPS) is 11.5. The third-order valence-corrected chi connectivity index (χ3v) is 3.54. The van der Waals surface area contributed by atoms with E-state index in [9.17, 15) is 18.0 Å². The van der Waals surface area contributed by atoms with Crippen LogP contribution in [0, 0.1) is 6.92 Å². The van der Waals surface area contributed by atoms with Gasteiger partial charge in [0.15, 0.2) is 5.82 Å². The summed E-state index contributed by atoms with van der Waals surface area (Å²) < 4.78 is 38.0. The SMILES string of the molecule is Cc1cc(NC(=O)C(F)(F)F)nn1Cc1ccc(Cl)c(Cl)c1. The number of rotatable bonds is 3. The van der Waals surface area contributed by atoms with Gasteiger partial charge in [0.1, 0.15) is 0 Å². The molecule has 0 saturated heterocycles. The number of aryl methyl sites for hydroxylation is 1. The first-order chi connectivity index (χ1) is 10.2. The molecule has 1 amide bonds. The second-order valence-electron chi connectivity index (χ2n) is 4.53. The summed E-state index contributed by atoms with van der Waals surface area (Å²) in [6.45, 7) is 1.94. The maximum atomic E-state index is 12.2. The van der Waals surface area contributed by atoms with Gasteiger partial charge in [-0.15, -0.1) is 0 Å². The molecule has 4 nitrogen and oxygen atoms in total. The lowest BCUT2D eigenvalue weighted by molar-refractivity contribution is -0.167. The van der Waals surface area contributed by atoms with Crippen LogP contribution in [-0.2, 0) is 11.3 Å². The van der Waals surface area contributed by atoms with Crippen LogP contribution in [0.1, 0.15) is 11.3 Å². The highest BCUT2D eigenvalue weighted by molar-refractivity contribution is 6.42. The van der Waals surface area contributed by atoms with E-state index in [2.05, 4.69) is 5.10 Å². The number of nitrogens with zero attached hydrogens (tertiary/aromatic N) is 2. The zero-order chi connectivity index (χ0) is 16.5. The Labute approximate surface area is 133 Å². The van der Waals surface area contributed by atoms with E-state index in [1.165, 1.54) is 10.7 Å². The Morgan fingerprint density at radius 2 is 1.95 bits per heavy atom. The van der Waals surface area contributed by atoms with E-state index in [1.54, 1.807) is 30.4 Å². The summed E-state index contributed by atoms with van der Waals surface area (Å²) in [5, 5.41) is 6.40. The average Bonchev–Trinajstić information content (AvgIpc) is 2.73. The van der Waals surface area contributed by atoms with Crippen molar-refractivity contribution in [1.29, 1.82) is 0 Å². The lowest BCUT2D eigenvalue weighted by atomic mass is 10.2. The van der Waals surface area contributed by atoms with Crippen LogP contribution in [0.5, 0.6) is 0 Å². The van der Waals surface area contributed by atoms with Gasteiger partial charge in [0.2, 0.25) is 0 Å². The maximum absolute atomic E-state index is 12.2. The smallest absolute Gasteiger partial charge is 0.301 e. The predicted molar refractivity (Wildman–Crippen MR) is 77.2 cm³/mol. The predicted octanol–water partition coefficient (Wildman–Crippen LogP) is 4.05. The number of hydrogen-bond acceptors (Lipinski definition) is 2. The van der Waals surface area contributed by atoms with E-state index < -0.39 is 12.1 Å². The minimum Gasteiger partial charge on any atom is -0.301 e. The summed E-state index contributed by atoms with van der Waals surface area (Å²) in [4.78, 5) is 10.9. The van der Waals surface area contributed by atoms with Crippen molar-refractivity contribution >= 4 is 34.9 Å². The first-order valence-corrected chi connectivity index (χ1v) is 6.79. The number of aromatic nitrogens is 2. The Morgan fingerprint density at radius 3 is 2.55 bits per heavy atom. The van der Waals surface area contributed by atoms with Crippen molar-refractivity contribution in [3.63, 3.8) is 0 Å². The molecular formula is C13H10Cl2F3N3O. The van der Waals surface area contributed by atoms with Gasteiger partial charge in [-0.1, -0.05) is 29.3 Å². The quantitative estimate of drug-likeness (QED) is 0.906. The molecule has 2 rings (SSSR count). The number of benzene rings is 1. The molecule has 0 aliphatic heterocycles. The molecule has 0 aliphatic rings. The number of hydrogen-bond donors (Lipinski definition) is 1. The summed E-state index contributed by atoms with van der Waals surface area (Å²) in [5.74, 6) is -2.23. The maximum Gasteiger partial charge on any atom is 0.471 e. The van der Waals surface area contributed by atoms with Crippen LogP contribution in [0.2, 0.25) is 10.0 Å². The van der Waals surface area contributed by atoms with Gasteiger partial charge in [0.25, 0.3) is 0 Å². The van der Waals surface area contributed by atoms with Crippen molar-refractivity contribution < 1.29 is 18.0 Å². The fourth-order valence-corrected chi connectivity index (χ4v) is 2.05. The van der Waals surface area contributed by atoms with Gasteiger partial charge in [-0.3, -0.25) is 9.48 Å². The lowest BCUT2D eigenvalue weighted by Gasteiger charge is -2.06. The second-order valence-corrected chi connectivity index (χ2v) is 5.34. The van der Waals surface area contributed by atoms with Crippen LogP contribution in [0.4, 0.5) is 19.0 Å². The van der Waals surface area contributed by atoms with Gasteiger partial charge >= 0.3 is 12.1 Å². The molecule has 22 heavy (non-hydrogen) atoms. The van der Waals surface area contributed by atoms with E-state index in [0.29, 0.717) is 15.7 Å². The van der Waals surface area contributed by atoms with Crippen LogP contribution < -0.4 is 5.32 Å². The van der Waals surface area contributed by atoms with Crippen molar-refractivity contribution in [1.82, 2.24) is 9.78 Å². The minimum atomic E-state index is -4.96. The van der Waals surface area contributed by atoms with Crippen molar-refractivity contribution in [2.75, 3.05) is 5.32 Å². The summed E-state index contributed by atoms with van der Waals surface area (Å²) >= 11 is 11.7. The zero-order valence-corrected chi connectivity index (χ0v) is 12.7. The van der Waals surface area contributed by atoms with Gasteiger partial charge in [-0.2, -0.15) is 18.3 Å². The molecular weight excluding hydrogens is 342 g/mol. The number of halogens is 5. The number of carbonyl (C=O) groups excluding carboxylic acids is 1. The highest BCUT2D eigenvalue weighted by Crippen LogP contribution is 2.23. The molecule has 1 aromatic heterocycles. The molecule has 2 aromatic rings. The minimum absolute atomic E-state index is 0.167. The summed E-state index contributed by atoms with van der Waals surface area (Å²) in [6.07, 6.45) is -4.96. The van der Waals surface area contributed by atoms with Crippen LogP contribution in [-0.4, -0.2) is 21.9 Å². The molecule has 0 unspecified atom stereocenters. The molecule has 1 heterocycles. The fraction of sp³-hybridized carbons (Fsp3) is 0.231. The fourth-order valence-electron chi connectivity index (χ4n) is 1.73. The van der Waals surface area contributed by atoms with Crippen LogP contribution in [0.15, 0.2) is 24.3 Å². The summed E-state index contributed by atoms with van der Waals surface area (Å²) in [6, 6.07) is 6.33. The molecule has 9 heteroatoms. The van der Waals surface area contributed by atoms with Crippen molar-refractivity contribution in [3.8, 4) is 0 Å². The third-order valence-electron chi connectivity index (χ3n) is 2.80. The van der Waals surface area contributed by atoms with Gasteiger partial charge in [0.05, 0.1) is 16.6 Å². The van der Waals surface area contributed by atoms with Gasteiger partial charge in [-0.05, 0) is 24.6 Å². The molecule has 0 aliphatic carbocycles. The highest BCUT2D eigenvalue weighted by atomic mass is 35.5. The van der Waals surface area contributed by atoms with Gasteiger partial charge < -0.3 is 5.32 Å². The number of amides is 1. The van der Waals surface area contributed by atoms with E-state index in [1.807, 2.05) is 0 Å². The average molecular weight is 352 g/mol. The summed E-state index contributed by atoms with van der Waals surface area (Å²) in [5.41, 5.74) is 1.36. The number of anilines is 1. The van der Waals surface area contributed by atoms with Crippen molar-refractivity contribution in [3.05, 3.63) is 45.6 Å². The first-order valence-electron chi connectivity index (χ1n) is 6.03. The number of alkyl halides is 3. The third kappa shape index (κ3) is 3.92. The van der Waals surface area contributed by atoms with Crippen molar-refractivity contribution in [2.45, 2.75) is 19.6 Å². The van der Waals surface area contributed by atoms with Gasteiger partial charge in [0, 0.05) is 11.8 Å². The second kappa shape index (κ2) is 6.18. The Hall–Kier alpha value is -1.73. The molecule has 1 N–H and O–H groups in total. The highest BCUT2D eigenvalue weighted by Gasteiger charge is 2.39. The Balaban J connectivity index is 2.16. The van der Waals surface area contributed by atoms with Crippen molar-refractivity contribution in [2.24, 2.45) is 0 Å². The number of carbonyl (C=O) groups is 1. The topological polar surface area (TPSA) is 46.9 Å². The molecule has 0 saturated carbocycles. The first kappa shape index (κ1) is 16.6. The van der Waals surface area contributed by atoms with Crippen LogP contribution >= 0.6 is 23.2 Å². The standard InChI is InChI=1S/C13H10Cl2F3N3O/c1-7-4-11(19-12(22)13(16,17)18)20-21(7)6-8-2-3-9(14)10(15)5-8/h2-5H,6H2,1H3,(H,19,20,22). The Bertz CT molecular complexity index is 713. The van der Waals surface area contributed by atoms with E-state index in [0.717, 1.165) is 5.56 Å². The lowest BCUT2D eigenvalue weighted by Crippen LogP contribution is -2.30. The Kier molecular flexibility index (Phi) is 4.67. The molecule has 0 radical (unpaired) electrons. The molecule has 118 valence electrons. The Morgan fingerprint density at radius 1 is 1.27 bits per heavy atom. The molecule has 0 atom stereocenters. The molecule has 0 spiro atoms. The largest absolute Gasteiger partial charge is 0.471 e. The van der Waals surface area contributed by atoms with E-state index in [4.69, 9.17) is 23.2 Å². The zero-order valence-electron chi connectivity index (χ0n) is 11.2. The van der Waals surface area contributed by atoms with E-state index >= 15 is 0 Å². The number of nitrogens with one attached hydrogen (secondary N) is 1. The van der Waals surface area contributed by atoms with E-state index in [-0.39, 0.29) is 12.4 Å². The van der Waals surface area contributed by atoms with Crippen LogP contribution in [0.3, 0.4) is 0 Å². The summed E-state index contributed by atoms with van der Waals surface area (Å²) in [7, 11) is 0. The molecule has 0 fully saturated rings. The van der Waals surface area contributed by atoms with Gasteiger partial charge in [-0.25, -0.2) is 0 Å². The monoisotopic (exact) mass is 351 g/mol. The van der Waals surface area contributed by atoms with Crippen LogP contribution in [0.25, 0.3) is 0 Å². The molecule has 0 bridgehead atoms. The molecule has 1 aromatic carbocycles.